The maximum atomic E-state index is 5.14. The largest absolute Gasteiger partial charge is 0.384 e. The number of aryl methyl sites for hydroxylation is 2. The van der Waals surface area contributed by atoms with Crippen molar-refractivity contribution in [1.82, 2.24) is 20.1 Å². The lowest BCUT2D eigenvalue weighted by atomic mass is 9.97. The van der Waals surface area contributed by atoms with E-state index in [2.05, 4.69) is 85.7 Å². The molecule has 1 saturated heterocycles. The lowest BCUT2D eigenvalue weighted by Crippen LogP contribution is -2.42. The molecule has 1 atom stereocenters. The summed E-state index contributed by atoms with van der Waals surface area (Å²) in [4.78, 5) is 9.84. The molecule has 5 nitrogen and oxygen atoms in total. The van der Waals surface area contributed by atoms with Gasteiger partial charge in [0.1, 0.15) is 5.82 Å². The number of fused-ring (bicyclic) bond motifs is 1. The van der Waals surface area contributed by atoms with E-state index in [0.717, 1.165) is 56.8 Å². The van der Waals surface area contributed by atoms with Crippen LogP contribution in [0.1, 0.15) is 64.3 Å². The first kappa shape index (κ1) is 27.1. The molecule has 35 heavy (non-hydrogen) atoms. The van der Waals surface area contributed by atoms with E-state index >= 15 is 0 Å². The van der Waals surface area contributed by atoms with Gasteiger partial charge < -0.3 is 20.4 Å². The van der Waals surface area contributed by atoms with Crippen molar-refractivity contribution >= 4 is 22.2 Å². The molecule has 1 aromatic heterocycles. The second-order valence-corrected chi connectivity index (χ2v) is 9.76. The maximum absolute atomic E-state index is 5.14. The number of anilines is 1. The number of dihydropyridines is 1. The van der Waals surface area contributed by atoms with E-state index in [1.807, 2.05) is 13.8 Å². The Morgan fingerprint density at radius 1 is 1.03 bits per heavy atom. The quantitative estimate of drug-likeness (QED) is 0.445. The van der Waals surface area contributed by atoms with Gasteiger partial charge in [0.05, 0.1) is 11.2 Å². The van der Waals surface area contributed by atoms with Crippen molar-refractivity contribution in [2.24, 2.45) is 5.92 Å². The Labute approximate surface area is 213 Å². The van der Waals surface area contributed by atoms with Gasteiger partial charge >= 0.3 is 0 Å². The molecule has 1 fully saturated rings. The Morgan fingerprint density at radius 3 is 2.29 bits per heavy atom. The molecule has 0 spiro atoms. The van der Waals surface area contributed by atoms with Crippen LogP contribution in [0.5, 0.6) is 0 Å². The van der Waals surface area contributed by atoms with Crippen LogP contribution in [0, 0.1) is 5.92 Å². The van der Waals surface area contributed by atoms with Crippen LogP contribution in [0.25, 0.3) is 16.5 Å². The predicted molar refractivity (Wildman–Crippen MR) is 153 cm³/mol. The number of rotatable bonds is 10. The highest BCUT2D eigenvalue weighted by molar-refractivity contribution is 5.94. The second kappa shape index (κ2) is 13.0. The van der Waals surface area contributed by atoms with Crippen LogP contribution in [0.15, 0.2) is 36.2 Å². The predicted octanol–water partition coefficient (Wildman–Crippen LogP) is 5.92. The van der Waals surface area contributed by atoms with Gasteiger partial charge in [0.25, 0.3) is 0 Å². The van der Waals surface area contributed by atoms with Crippen molar-refractivity contribution in [1.29, 1.82) is 0 Å². The number of aromatic nitrogens is 1. The van der Waals surface area contributed by atoms with Crippen LogP contribution in [-0.2, 0) is 12.8 Å². The molecule has 2 N–H and O–H groups in total. The van der Waals surface area contributed by atoms with Gasteiger partial charge in [0.15, 0.2) is 0 Å². The monoisotopic (exact) mass is 477 g/mol. The molecule has 0 radical (unpaired) electrons. The summed E-state index contributed by atoms with van der Waals surface area (Å²) in [6.07, 6.45) is 9.03. The summed E-state index contributed by atoms with van der Waals surface area (Å²) >= 11 is 0. The second-order valence-electron chi connectivity index (χ2n) is 9.76. The molecule has 0 bridgehead atoms. The minimum Gasteiger partial charge on any atom is -0.384 e. The fourth-order valence-corrected chi connectivity index (χ4v) is 4.87. The zero-order chi connectivity index (χ0) is 25.4. The number of hydrogen-bond donors (Lipinski definition) is 2. The Morgan fingerprint density at radius 2 is 1.74 bits per heavy atom. The van der Waals surface area contributed by atoms with Crippen molar-refractivity contribution in [3.63, 3.8) is 0 Å². The van der Waals surface area contributed by atoms with Crippen LogP contribution in [-0.4, -0.2) is 61.6 Å². The van der Waals surface area contributed by atoms with Crippen molar-refractivity contribution in [3.8, 4) is 0 Å². The van der Waals surface area contributed by atoms with E-state index in [9.17, 15) is 0 Å². The average Bonchev–Trinajstić information content (AvgIpc) is 2.85. The van der Waals surface area contributed by atoms with E-state index < -0.39 is 0 Å². The fourth-order valence-electron chi connectivity index (χ4n) is 4.87. The van der Waals surface area contributed by atoms with Crippen molar-refractivity contribution in [2.45, 2.75) is 60.3 Å². The number of likely N-dealkylation sites (tertiary alicyclic amines) is 1. The Hall–Kier alpha value is -2.53. The van der Waals surface area contributed by atoms with Gasteiger partial charge in [-0.3, -0.25) is 0 Å². The number of benzene rings is 1. The zero-order valence-corrected chi connectivity index (χ0v) is 23.2. The third-order valence-corrected chi connectivity index (χ3v) is 7.10. The molecule has 1 aromatic carbocycles. The molecule has 192 valence electrons. The minimum atomic E-state index is 0.616. The van der Waals surface area contributed by atoms with Crippen LogP contribution in [0.2, 0.25) is 0 Å². The summed E-state index contributed by atoms with van der Waals surface area (Å²) in [6, 6.07) is 6.96. The zero-order valence-electron chi connectivity index (χ0n) is 23.2. The maximum Gasteiger partial charge on any atom is 0.102 e. The fraction of sp³-hybridized carbons (Fsp3) is 0.567. The minimum absolute atomic E-state index is 0.616. The van der Waals surface area contributed by atoms with E-state index in [1.54, 1.807) is 0 Å². The van der Waals surface area contributed by atoms with Crippen LogP contribution >= 0.6 is 0 Å². The van der Waals surface area contributed by atoms with Crippen LogP contribution in [0.3, 0.4) is 0 Å². The smallest absolute Gasteiger partial charge is 0.102 e. The molecule has 2 aliphatic heterocycles. The molecule has 0 aliphatic carbocycles. The van der Waals surface area contributed by atoms with E-state index in [-0.39, 0.29) is 0 Å². The van der Waals surface area contributed by atoms with Crippen molar-refractivity contribution in [2.75, 3.05) is 52.1 Å². The molecule has 0 amide bonds. The highest BCUT2D eigenvalue weighted by atomic mass is 15.3. The van der Waals surface area contributed by atoms with Crippen LogP contribution < -0.4 is 10.6 Å². The molecule has 2 aromatic rings. The Balaban J connectivity index is 0.00000167. The summed E-state index contributed by atoms with van der Waals surface area (Å²) in [5.74, 6) is 1.87. The number of nitrogens with zero attached hydrogens (tertiary/aromatic N) is 3. The van der Waals surface area contributed by atoms with Gasteiger partial charge in [-0.2, -0.15) is 0 Å². The molecule has 1 unspecified atom stereocenters. The Bertz CT molecular complexity index is 1030. The van der Waals surface area contributed by atoms with Gasteiger partial charge in [0, 0.05) is 43.8 Å². The lowest BCUT2D eigenvalue weighted by Gasteiger charge is -2.36. The molecular formula is C30H47N5. The van der Waals surface area contributed by atoms with E-state index in [4.69, 9.17) is 4.98 Å². The first-order chi connectivity index (χ1) is 17.0. The van der Waals surface area contributed by atoms with Crippen molar-refractivity contribution in [3.05, 3.63) is 53.0 Å². The molecule has 3 heterocycles. The molecular weight excluding hydrogens is 430 g/mol. The topological polar surface area (TPSA) is 43.4 Å². The first-order valence-corrected chi connectivity index (χ1v) is 13.8. The number of hydrogen-bond acceptors (Lipinski definition) is 5. The molecule has 4 rings (SSSR count). The summed E-state index contributed by atoms with van der Waals surface area (Å²) in [7, 11) is 4.32. The van der Waals surface area contributed by atoms with Gasteiger partial charge in [-0.1, -0.05) is 47.1 Å². The summed E-state index contributed by atoms with van der Waals surface area (Å²) in [5.41, 5.74) is 7.48. The molecule has 2 aliphatic rings. The molecule has 0 saturated carbocycles. The third-order valence-electron chi connectivity index (χ3n) is 7.10. The highest BCUT2D eigenvalue weighted by Gasteiger charge is 2.20. The summed E-state index contributed by atoms with van der Waals surface area (Å²) in [6.45, 7) is 16.0. The van der Waals surface area contributed by atoms with Gasteiger partial charge in [-0.15, -0.1) is 0 Å². The van der Waals surface area contributed by atoms with E-state index in [0.29, 0.717) is 5.92 Å². The normalized spacial score (nSPS) is 16.1. The highest BCUT2D eigenvalue weighted by Crippen LogP contribution is 2.31. The third kappa shape index (κ3) is 6.58. The Kier molecular flexibility index (Phi) is 10.0. The number of nitrogens with one attached hydrogen (secondary N) is 2. The van der Waals surface area contributed by atoms with Gasteiger partial charge in [0.2, 0.25) is 0 Å². The van der Waals surface area contributed by atoms with Crippen molar-refractivity contribution < 1.29 is 0 Å². The number of pyridine rings is 1. The van der Waals surface area contributed by atoms with Gasteiger partial charge in [-0.25, -0.2) is 4.98 Å². The summed E-state index contributed by atoms with van der Waals surface area (Å²) in [5, 5.41) is 8.68. The standard InChI is InChI=1S/C28H41N5.C2H6/c1-6-20(19-32(4)5)17-29-26-16-25(23-10-11-28(30-18-23)33-12-9-13-33)31-27-15-22(8-3)21(7-2)14-24(26)27;1-2/h10-11,14-16,20,30H,6-9,12-13,17-19H2,1-5H3,(H,29,31);1-2H3. The lowest BCUT2D eigenvalue weighted by molar-refractivity contribution is 0.223. The van der Waals surface area contributed by atoms with E-state index in [1.165, 1.54) is 46.4 Å². The van der Waals surface area contributed by atoms with Crippen LogP contribution in [0.4, 0.5) is 5.69 Å². The average molecular weight is 478 g/mol. The summed E-state index contributed by atoms with van der Waals surface area (Å²) < 4.78 is 0. The SMILES string of the molecule is CC.CCc1cc2nc(C3=CC=C(N4CCC4)NC3)cc(NCC(CC)CN(C)C)c2cc1CC. The number of allylic oxidation sites excluding steroid dienone is 2. The molecule has 5 heteroatoms. The van der Waals surface area contributed by atoms with Gasteiger partial charge in [-0.05, 0) is 80.3 Å². The first-order valence-electron chi connectivity index (χ1n) is 13.8.